The van der Waals surface area contributed by atoms with E-state index in [0.29, 0.717) is 13.0 Å². The predicted molar refractivity (Wildman–Crippen MR) is 197 cm³/mol. The molecule has 0 saturated heterocycles. The lowest BCUT2D eigenvalue weighted by molar-refractivity contribution is -0.154. The summed E-state index contributed by atoms with van der Waals surface area (Å²) >= 11 is 0. The molecule has 282 valence electrons. The number of hydrogen-bond donors (Lipinski definition) is 2. The Bertz CT molecular complexity index is 697. The van der Waals surface area contributed by atoms with Gasteiger partial charge in [-0.1, -0.05) is 181 Å². The zero-order chi connectivity index (χ0) is 34.5. The molecule has 0 aromatic heterocycles. The van der Waals surface area contributed by atoms with E-state index in [1.54, 1.807) is 0 Å². The Labute approximate surface area is 291 Å². The molecule has 0 aliphatic rings. The molecular formula is C38H78NO7P. The first-order valence-electron chi connectivity index (χ1n) is 20.0. The summed E-state index contributed by atoms with van der Waals surface area (Å²) in [6.45, 7) is 4.97. The van der Waals surface area contributed by atoms with Crippen LogP contribution >= 0.6 is 7.82 Å². The van der Waals surface area contributed by atoms with Gasteiger partial charge in [-0.25, -0.2) is 4.57 Å². The number of hydrogen-bond acceptors (Lipinski definition) is 7. The third-order valence-corrected chi connectivity index (χ3v) is 9.76. The van der Waals surface area contributed by atoms with E-state index in [4.69, 9.17) is 24.3 Å². The van der Waals surface area contributed by atoms with Gasteiger partial charge in [0, 0.05) is 19.6 Å². The van der Waals surface area contributed by atoms with E-state index in [0.717, 1.165) is 32.1 Å². The van der Waals surface area contributed by atoms with Crippen molar-refractivity contribution in [3.05, 3.63) is 0 Å². The maximum absolute atomic E-state index is 12.5. The molecule has 0 bridgehead atoms. The van der Waals surface area contributed by atoms with Crippen LogP contribution in [-0.2, 0) is 27.9 Å². The summed E-state index contributed by atoms with van der Waals surface area (Å²) in [5, 5.41) is 0. The van der Waals surface area contributed by atoms with Gasteiger partial charge in [0.2, 0.25) is 0 Å². The molecule has 0 rings (SSSR count). The summed E-state index contributed by atoms with van der Waals surface area (Å²) in [6, 6.07) is 0. The average Bonchev–Trinajstić information content (AvgIpc) is 3.06. The van der Waals surface area contributed by atoms with Crippen molar-refractivity contribution in [3.8, 4) is 0 Å². The van der Waals surface area contributed by atoms with Gasteiger partial charge in [0.25, 0.3) is 0 Å². The third-order valence-electron chi connectivity index (χ3n) is 8.77. The Morgan fingerprint density at radius 3 is 1.34 bits per heavy atom. The van der Waals surface area contributed by atoms with Gasteiger partial charge in [-0.05, 0) is 12.8 Å². The van der Waals surface area contributed by atoms with Crippen molar-refractivity contribution in [3.63, 3.8) is 0 Å². The zero-order valence-corrected chi connectivity index (χ0v) is 31.9. The largest absolute Gasteiger partial charge is 0.472 e. The quantitative estimate of drug-likeness (QED) is 0.0371. The Kier molecular flexibility index (Phi) is 36.4. The van der Waals surface area contributed by atoms with Crippen LogP contribution < -0.4 is 5.73 Å². The molecule has 0 heterocycles. The highest BCUT2D eigenvalue weighted by atomic mass is 31.2. The fraction of sp³-hybridized carbons (Fsp3) is 0.974. The molecule has 3 N–H and O–H groups in total. The minimum atomic E-state index is -4.26. The number of phosphoric ester groups is 1. The Hall–Kier alpha value is -0.500. The van der Waals surface area contributed by atoms with Crippen LogP contribution in [0.4, 0.5) is 0 Å². The first-order valence-corrected chi connectivity index (χ1v) is 21.5. The Morgan fingerprint density at radius 1 is 0.553 bits per heavy atom. The van der Waals surface area contributed by atoms with Crippen molar-refractivity contribution in [1.82, 2.24) is 0 Å². The number of unbranched alkanes of at least 4 members (excludes halogenated alkanes) is 26. The summed E-state index contributed by atoms with van der Waals surface area (Å²) in [4.78, 5) is 22.4. The predicted octanol–water partition coefficient (Wildman–Crippen LogP) is 11.4. The number of ether oxygens (including phenoxy) is 2. The second kappa shape index (κ2) is 36.8. The van der Waals surface area contributed by atoms with E-state index in [2.05, 4.69) is 13.8 Å². The normalized spacial score (nSPS) is 13.5. The van der Waals surface area contributed by atoms with Crippen molar-refractivity contribution in [1.29, 1.82) is 0 Å². The van der Waals surface area contributed by atoms with E-state index in [-0.39, 0.29) is 32.3 Å². The van der Waals surface area contributed by atoms with Crippen molar-refractivity contribution in [2.75, 3.05) is 33.0 Å². The zero-order valence-electron chi connectivity index (χ0n) is 31.0. The van der Waals surface area contributed by atoms with Gasteiger partial charge in [-0.2, -0.15) is 0 Å². The highest BCUT2D eigenvalue weighted by molar-refractivity contribution is 7.47. The summed E-state index contributed by atoms with van der Waals surface area (Å²) in [5.74, 6) is -0.326. The molecule has 0 spiro atoms. The van der Waals surface area contributed by atoms with Gasteiger partial charge in [-0.15, -0.1) is 0 Å². The highest BCUT2D eigenvalue weighted by Gasteiger charge is 2.25. The molecule has 9 heteroatoms. The molecule has 8 nitrogen and oxygen atoms in total. The van der Waals surface area contributed by atoms with Crippen LogP contribution in [0.5, 0.6) is 0 Å². The lowest BCUT2D eigenvalue weighted by Crippen LogP contribution is -2.28. The van der Waals surface area contributed by atoms with Gasteiger partial charge < -0.3 is 20.1 Å². The Morgan fingerprint density at radius 2 is 0.936 bits per heavy atom. The topological polar surface area (TPSA) is 117 Å². The van der Waals surface area contributed by atoms with E-state index < -0.39 is 13.9 Å². The SMILES string of the molecule is CCCCCCCCCCCCCCCCOC[C@H](COP(=O)(O)OCCN)OC(=O)CCCCCCCCCCCCCCCC. The number of nitrogens with two attached hydrogens (primary N) is 1. The maximum atomic E-state index is 12.5. The molecule has 0 aliphatic heterocycles. The van der Waals surface area contributed by atoms with Crippen LogP contribution in [0.25, 0.3) is 0 Å². The van der Waals surface area contributed by atoms with Gasteiger partial charge in [-0.3, -0.25) is 13.8 Å². The monoisotopic (exact) mass is 692 g/mol. The first-order chi connectivity index (χ1) is 22.9. The number of esters is 1. The molecule has 1 unspecified atom stereocenters. The molecule has 0 amide bonds. The van der Waals surface area contributed by atoms with Crippen molar-refractivity contribution < 1.29 is 32.8 Å². The fourth-order valence-electron chi connectivity index (χ4n) is 5.82. The smallest absolute Gasteiger partial charge is 0.457 e. The van der Waals surface area contributed by atoms with Crippen LogP contribution in [0.15, 0.2) is 0 Å². The number of rotatable bonds is 39. The van der Waals surface area contributed by atoms with Gasteiger partial charge in [0.1, 0.15) is 6.10 Å². The minimum Gasteiger partial charge on any atom is -0.457 e. The summed E-state index contributed by atoms with van der Waals surface area (Å²) in [6.07, 6.45) is 35.3. The molecule has 0 aromatic rings. The summed E-state index contributed by atoms with van der Waals surface area (Å²) in [5.41, 5.74) is 5.36. The van der Waals surface area contributed by atoms with Crippen molar-refractivity contribution >= 4 is 13.8 Å². The van der Waals surface area contributed by atoms with E-state index in [1.807, 2.05) is 0 Å². The Balaban J connectivity index is 4.02. The summed E-state index contributed by atoms with van der Waals surface area (Å²) in [7, 11) is -4.26. The lowest BCUT2D eigenvalue weighted by atomic mass is 10.0. The molecule has 0 radical (unpaired) electrons. The molecule has 0 aliphatic carbocycles. The molecule has 0 fully saturated rings. The van der Waals surface area contributed by atoms with Crippen LogP contribution in [0, 0.1) is 0 Å². The maximum Gasteiger partial charge on any atom is 0.472 e. The van der Waals surface area contributed by atoms with Crippen LogP contribution in [0.3, 0.4) is 0 Å². The van der Waals surface area contributed by atoms with Crippen molar-refractivity contribution in [2.24, 2.45) is 5.73 Å². The number of phosphoric acid groups is 1. The van der Waals surface area contributed by atoms with Crippen molar-refractivity contribution in [2.45, 2.75) is 206 Å². The first kappa shape index (κ1) is 46.5. The molecule has 47 heavy (non-hydrogen) atoms. The van der Waals surface area contributed by atoms with Gasteiger partial charge in [0.15, 0.2) is 0 Å². The minimum absolute atomic E-state index is 0.0903. The van der Waals surface area contributed by atoms with Gasteiger partial charge >= 0.3 is 13.8 Å². The molecule has 0 aromatic carbocycles. The highest BCUT2D eigenvalue weighted by Crippen LogP contribution is 2.43. The van der Waals surface area contributed by atoms with Crippen LogP contribution in [-0.4, -0.2) is 49.9 Å². The van der Waals surface area contributed by atoms with Crippen LogP contribution in [0.2, 0.25) is 0 Å². The van der Waals surface area contributed by atoms with E-state index in [9.17, 15) is 14.3 Å². The number of carbonyl (C=O) groups is 1. The van der Waals surface area contributed by atoms with E-state index >= 15 is 0 Å². The van der Waals surface area contributed by atoms with Crippen LogP contribution in [0.1, 0.15) is 200 Å². The van der Waals surface area contributed by atoms with Gasteiger partial charge in [0.05, 0.1) is 19.8 Å². The molecule has 2 atom stereocenters. The number of carbonyl (C=O) groups excluding carboxylic acids is 1. The second-order valence-corrected chi connectivity index (χ2v) is 15.0. The fourth-order valence-corrected chi connectivity index (χ4v) is 6.59. The molecular weight excluding hydrogens is 613 g/mol. The second-order valence-electron chi connectivity index (χ2n) is 13.5. The lowest BCUT2D eigenvalue weighted by Gasteiger charge is -2.20. The third kappa shape index (κ3) is 36.6. The van der Waals surface area contributed by atoms with E-state index in [1.165, 1.54) is 148 Å². The summed E-state index contributed by atoms with van der Waals surface area (Å²) < 4.78 is 33.3. The standard InChI is InChI=1S/C38H78NO7P/c1-3-5-7-9-11-13-15-17-19-21-23-25-27-29-31-38(40)46-37(36-45-47(41,42)44-34-32-39)35-43-33-30-28-26-24-22-20-18-16-14-12-10-8-6-4-2/h37H,3-36,39H2,1-2H3,(H,41,42)/t37-/m1/s1. The molecule has 0 saturated carbocycles. The average molecular weight is 692 g/mol.